The number of halogens is 1. The van der Waals surface area contributed by atoms with E-state index in [1.54, 1.807) is 30.3 Å². The highest BCUT2D eigenvalue weighted by Crippen LogP contribution is 2.29. The van der Waals surface area contributed by atoms with E-state index in [2.05, 4.69) is 10.6 Å². The van der Waals surface area contributed by atoms with E-state index in [-0.39, 0.29) is 11.8 Å². The van der Waals surface area contributed by atoms with Crippen LogP contribution < -0.4 is 10.6 Å². The van der Waals surface area contributed by atoms with Crippen molar-refractivity contribution in [3.05, 3.63) is 106 Å². The first-order chi connectivity index (χ1) is 14.6. The minimum atomic E-state index is -0.290. The van der Waals surface area contributed by atoms with Crippen LogP contribution in [0.15, 0.2) is 90.3 Å². The average molecular weight is 433 g/mol. The van der Waals surface area contributed by atoms with Crippen LogP contribution in [-0.2, 0) is 0 Å². The third-order valence-corrected chi connectivity index (χ3v) is 5.68. The van der Waals surface area contributed by atoms with Crippen molar-refractivity contribution >= 4 is 46.1 Å². The van der Waals surface area contributed by atoms with E-state index in [4.69, 9.17) is 11.6 Å². The Morgan fingerprint density at radius 1 is 0.733 bits per heavy atom. The summed E-state index contributed by atoms with van der Waals surface area (Å²) in [6, 6.07) is 25.8. The Kier molecular flexibility index (Phi) is 5.93. The molecule has 0 bridgehead atoms. The molecule has 0 fully saturated rings. The van der Waals surface area contributed by atoms with Crippen LogP contribution in [0.3, 0.4) is 0 Å². The SMILES string of the molecule is O=C(Nc1ccccc1-c1ccccc1)c1ccc(Cl)c(NC(=O)c2cccs2)c1. The van der Waals surface area contributed by atoms with Gasteiger partial charge in [-0.25, -0.2) is 0 Å². The standard InChI is InChI=1S/C24H17ClN2O2S/c25-19-13-12-17(15-21(19)27-24(29)22-11-6-14-30-22)23(28)26-20-10-5-4-9-18(20)16-7-2-1-3-8-16/h1-15H,(H,26,28)(H,27,29). The topological polar surface area (TPSA) is 58.2 Å². The lowest BCUT2D eigenvalue weighted by atomic mass is 10.0. The largest absolute Gasteiger partial charge is 0.321 e. The van der Waals surface area contributed by atoms with Gasteiger partial charge in [0.1, 0.15) is 0 Å². The van der Waals surface area contributed by atoms with E-state index in [0.29, 0.717) is 26.8 Å². The van der Waals surface area contributed by atoms with Crippen LogP contribution in [0.4, 0.5) is 11.4 Å². The number of rotatable bonds is 5. The summed E-state index contributed by atoms with van der Waals surface area (Å²) in [6.45, 7) is 0. The zero-order valence-electron chi connectivity index (χ0n) is 15.8. The van der Waals surface area contributed by atoms with Gasteiger partial charge in [0.2, 0.25) is 0 Å². The Balaban J connectivity index is 1.57. The number of carbonyl (C=O) groups is 2. The first-order valence-electron chi connectivity index (χ1n) is 9.22. The summed E-state index contributed by atoms with van der Waals surface area (Å²) in [6.07, 6.45) is 0. The van der Waals surface area contributed by atoms with Crippen LogP contribution in [0.5, 0.6) is 0 Å². The van der Waals surface area contributed by atoms with Gasteiger partial charge in [0, 0.05) is 16.8 Å². The first-order valence-corrected chi connectivity index (χ1v) is 10.5. The molecule has 3 aromatic carbocycles. The second kappa shape index (κ2) is 8.95. The number of carbonyl (C=O) groups excluding carboxylic acids is 2. The lowest BCUT2D eigenvalue weighted by Gasteiger charge is -2.13. The van der Waals surface area contributed by atoms with E-state index in [1.165, 1.54) is 11.3 Å². The van der Waals surface area contributed by atoms with Crippen molar-refractivity contribution in [2.75, 3.05) is 10.6 Å². The maximum Gasteiger partial charge on any atom is 0.265 e. The Bertz CT molecular complexity index is 1190. The van der Waals surface area contributed by atoms with Gasteiger partial charge in [-0.1, -0.05) is 66.2 Å². The predicted octanol–water partition coefficient (Wildman–Crippen LogP) is 6.57. The van der Waals surface area contributed by atoms with Crippen molar-refractivity contribution in [3.8, 4) is 11.1 Å². The van der Waals surface area contributed by atoms with Gasteiger partial charge in [-0.05, 0) is 41.3 Å². The van der Waals surface area contributed by atoms with Crippen LogP contribution in [0.2, 0.25) is 5.02 Å². The van der Waals surface area contributed by atoms with Crippen molar-refractivity contribution in [1.82, 2.24) is 0 Å². The molecule has 4 aromatic rings. The molecule has 148 valence electrons. The summed E-state index contributed by atoms with van der Waals surface area (Å²) in [5, 5.41) is 7.91. The minimum Gasteiger partial charge on any atom is -0.321 e. The lowest BCUT2D eigenvalue weighted by molar-refractivity contribution is 0.101. The van der Waals surface area contributed by atoms with Crippen molar-refractivity contribution in [3.63, 3.8) is 0 Å². The van der Waals surface area contributed by atoms with Crippen LogP contribution >= 0.6 is 22.9 Å². The zero-order valence-corrected chi connectivity index (χ0v) is 17.3. The van der Waals surface area contributed by atoms with Gasteiger partial charge >= 0.3 is 0 Å². The molecule has 2 amide bonds. The molecule has 2 N–H and O–H groups in total. The highest BCUT2D eigenvalue weighted by atomic mass is 35.5. The highest BCUT2D eigenvalue weighted by Gasteiger charge is 2.14. The quantitative estimate of drug-likeness (QED) is 0.374. The molecule has 0 saturated carbocycles. The lowest BCUT2D eigenvalue weighted by Crippen LogP contribution is -2.15. The summed E-state index contributed by atoms with van der Waals surface area (Å²) in [7, 11) is 0. The average Bonchev–Trinajstić information content (AvgIpc) is 3.31. The second-order valence-electron chi connectivity index (χ2n) is 6.49. The Morgan fingerprint density at radius 2 is 1.47 bits per heavy atom. The smallest absolute Gasteiger partial charge is 0.265 e. The second-order valence-corrected chi connectivity index (χ2v) is 7.85. The molecule has 4 nitrogen and oxygen atoms in total. The van der Waals surface area contributed by atoms with Crippen LogP contribution in [0.1, 0.15) is 20.0 Å². The summed E-state index contributed by atoms with van der Waals surface area (Å²) in [5.41, 5.74) is 3.41. The van der Waals surface area contributed by atoms with Crippen molar-refractivity contribution in [2.45, 2.75) is 0 Å². The van der Waals surface area contributed by atoms with Crippen LogP contribution in [-0.4, -0.2) is 11.8 Å². The van der Waals surface area contributed by atoms with Gasteiger partial charge < -0.3 is 10.6 Å². The maximum atomic E-state index is 12.9. The fourth-order valence-corrected chi connectivity index (χ4v) is 3.79. The third-order valence-electron chi connectivity index (χ3n) is 4.48. The molecule has 0 aliphatic carbocycles. The maximum absolute atomic E-state index is 12.9. The van der Waals surface area contributed by atoms with E-state index in [1.807, 2.05) is 60.0 Å². The predicted molar refractivity (Wildman–Crippen MR) is 124 cm³/mol. The zero-order chi connectivity index (χ0) is 20.9. The Morgan fingerprint density at radius 3 is 2.23 bits per heavy atom. The van der Waals surface area contributed by atoms with Crippen molar-refractivity contribution in [2.24, 2.45) is 0 Å². The molecular formula is C24H17ClN2O2S. The van der Waals surface area contributed by atoms with Crippen molar-refractivity contribution < 1.29 is 9.59 Å². The molecule has 1 aromatic heterocycles. The van der Waals surface area contributed by atoms with E-state index in [9.17, 15) is 9.59 Å². The minimum absolute atomic E-state index is 0.265. The van der Waals surface area contributed by atoms with Gasteiger partial charge in [0.15, 0.2) is 0 Å². The Hall–Kier alpha value is -3.41. The van der Waals surface area contributed by atoms with Gasteiger partial charge in [-0.2, -0.15) is 0 Å². The molecule has 0 radical (unpaired) electrons. The molecule has 30 heavy (non-hydrogen) atoms. The molecule has 0 saturated heterocycles. The van der Waals surface area contributed by atoms with Crippen LogP contribution in [0.25, 0.3) is 11.1 Å². The normalized spacial score (nSPS) is 10.4. The number of anilines is 2. The molecule has 1 heterocycles. The third kappa shape index (κ3) is 4.43. The number of hydrogen-bond donors (Lipinski definition) is 2. The molecule has 4 rings (SSSR count). The number of hydrogen-bond acceptors (Lipinski definition) is 3. The number of thiophene rings is 1. The Labute approximate surface area is 183 Å². The van der Waals surface area contributed by atoms with Gasteiger partial charge in [-0.3, -0.25) is 9.59 Å². The summed E-state index contributed by atoms with van der Waals surface area (Å²) in [5.74, 6) is -0.555. The van der Waals surface area contributed by atoms with Gasteiger partial charge in [0.25, 0.3) is 11.8 Å². The van der Waals surface area contributed by atoms with Gasteiger partial charge in [0.05, 0.1) is 15.6 Å². The van der Waals surface area contributed by atoms with Crippen molar-refractivity contribution in [1.29, 1.82) is 0 Å². The molecule has 6 heteroatoms. The number of nitrogens with one attached hydrogen (secondary N) is 2. The highest BCUT2D eigenvalue weighted by molar-refractivity contribution is 7.12. The van der Waals surface area contributed by atoms with Gasteiger partial charge in [-0.15, -0.1) is 11.3 Å². The fraction of sp³-hybridized carbons (Fsp3) is 0. The fourth-order valence-electron chi connectivity index (χ4n) is 3.01. The molecule has 0 spiro atoms. The number of para-hydroxylation sites is 1. The van der Waals surface area contributed by atoms with Crippen LogP contribution in [0, 0.1) is 0 Å². The monoisotopic (exact) mass is 432 g/mol. The molecule has 0 atom stereocenters. The summed E-state index contributed by atoms with van der Waals surface area (Å²) >= 11 is 7.56. The molecular weight excluding hydrogens is 416 g/mol. The molecule has 0 unspecified atom stereocenters. The summed E-state index contributed by atoms with van der Waals surface area (Å²) < 4.78 is 0. The summed E-state index contributed by atoms with van der Waals surface area (Å²) in [4.78, 5) is 25.8. The van der Waals surface area contributed by atoms with E-state index >= 15 is 0 Å². The molecule has 0 aliphatic rings. The number of amides is 2. The van der Waals surface area contributed by atoms with E-state index in [0.717, 1.165) is 11.1 Å². The number of benzene rings is 3. The molecule has 0 aliphatic heterocycles. The van der Waals surface area contributed by atoms with E-state index < -0.39 is 0 Å². The first kappa shape index (κ1) is 19.9.